The van der Waals surface area contributed by atoms with Crippen LogP contribution in [0.25, 0.3) is 0 Å². The molecule has 2 heteroatoms. The van der Waals surface area contributed by atoms with Gasteiger partial charge in [0, 0.05) is 6.20 Å². The third-order valence-corrected chi connectivity index (χ3v) is 1.88. The number of aromatic nitrogens is 1. The Balaban J connectivity index is 2.24. The van der Waals surface area contributed by atoms with Crippen LogP contribution >= 0.6 is 0 Å². The van der Waals surface area contributed by atoms with Crippen molar-refractivity contribution in [1.29, 1.82) is 0 Å². The Labute approximate surface area is 83.2 Å². The SMILES string of the molecule is Cc1[c]cccc1Oc1cccnc1. The third kappa shape index (κ3) is 1.91. The predicted octanol–water partition coefficient (Wildman–Crippen LogP) is 2.98. The molecule has 2 aromatic rings. The van der Waals surface area contributed by atoms with E-state index in [1.165, 1.54) is 0 Å². The highest BCUT2D eigenvalue weighted by Gasteiger charge is 1.99. The van der Waals surface area contributed by atoms with Crippen molar-refractivity contribution in [3.8, 4) is 11.5 Å². The normalized spacial score (nSPS) is 9.79. The first-order chi connectivity index (χ1) is 6.86. The van der Waals surface area contributed by atoms with Gasteiger partial charge in [-0.1, -0.05) is 12.1 Å². The zero-order valence-electron chi connectivity index (χ0n) is 7.90. The summed E-state index contributed by atoms with van der Waals surface area (Å²) in [5, 5.41) is 0. The van der Waals surface area contributed by atoms with E-state index in [1.54, 1.807) is 12.4 Å². The lowest BCUT2D eigenvalue weighted by atomic mass is 10.2. The Morgan fingerprint density at radius 1 is 1.29 bits per heavy atom. The van der Waals surface area contributed by atoms with Crippen molar-refractivity contribution in [3.63, 3.8) is 0 Å². The summed E-state index contributed by atoms with van der Waals surface area (Å²) < 4.78 is 5.62. The number of pyridine rings is 1. The lowest BCUT2D eigenvalue weighted by Gasteiger charge is -2.06. The smallest absolute Gasteiger partial charge is 0.145 e. The van der Waals surface area contributed by atoms with E-state index in [1.807, 2.05) is 37.3 Å². The Morgan fingerprint density at radius 2 is 2.21 bits per heavy atom. The maximum Gasteiger partial charge on any atom is 0.145 e. The molecular formula is C12H10NO. The maximum absolute atomic E-state index is 5.62. The van der Waals surface area contributed by atoms with E-state index in [0.717, 1.165) is 17.1 Å². The fraction of sp³-hybridized carbons (Fsp3) is 0.0833. The molecule has 0 atom stereocenters. The molecule has 0 N–H and O–H groups in total. The van der Waals surface area contributed by atoms with Crippen LogP contribution in [0.3, 0.4) is 0 Å². The summed E-state index contributed by atoms with van der Waals surface area (Å²) >= 11 is 0. The molecule has 0 spiro atoms. The molecule has 0 bridgehead atoms. The fourth-order valence-corrected chi connectivity index (χ4v) is 1.15. The second-order valence-corrected chi connectivity index (χ2v) is 2.95. The second-order valence-electron chi connectivity index (χ2n) is 2.95. The van der Waals surface area contributed by atoms with Crippen LogP contribution in [0.2, 0.25) is 0 Å². The molecule has 0 aliphatic heterocycles. The van der Waals surface area contributed by atoms with E-state index in [0.29, 0.717) is 0 Å². The van der Waals surface area contributed by atoms with Crippen LogP contribution in [0.1, 0.15) is 5.56 Å². The minimum absolute atomic E-state index is 0.746. The van der Waals surface area contributed by atoms with Crippen molar-refractivity contribution >= 4 is 0 Å². The Morgan fingerprint density at radius 3 is 2.93 bits per heavy atom. The van der Waals surface area contributed by atoms with E-state index in [4.69, 9.17) is 4.74 Å². The van der Waals surface area contributed by atoms with Crippen LogP contribution in [0.15, 0.2) is 42.7 Å². The minimum atomic E-state index is 0.746. The van der Waals surface area contributed by atoms with Gasteiger partial charge in [-0.05, 0) is 36.8 Å². The molecule has 1 heterocycles. The van der Waals surface area contributed by atoms with E-state index in [2.05, 4.69) is 11.1 Å². The van der Waals surface area contributed by atoms with Gasteiger partial charge in [0.2, 0.25) is 0 Å². The molecular weight excluding hydrogens is 174 g/mol. The van der Waals surface area contributed by atoms with Crippen molar-refractivity contribution in [3.05, 3.63) is 54.4 Å². The quantitative estimate of drug-likeness (QED) is 0.715. The summed E-state index contributed by atoms with van der Waals surface area (Å²) in [5.74, 6) is 1.57. The van der Waals surface area contributed by atoms with Crippen LogP contribution in [-0.2, 0) is 0 Å². The Hall–Kier alpha value is -1.83. The van der Waals surface area contributed by atoms with Crippen LogP contribution in [0.4, 0.5) is 0 Å². The van der Waals surface area contributed by atoms with Crippen molar-refractivity contribution in [2.45, 2.75) is 6.92 Å². The predicted molar refractivity (Wildman–Crippen MR) is 54.3 cm³/mol. The molecule has 1 aromatic carbocycles. The molecule has 0 aliphatic rings. The monoisotopic (exact) mass is 184 g/mol. The molecule has 1 aromatic heterocycles. The molecule has 2 rings (SSSR count). The van der Waals surface area contributed by atoms with Crippen molar-refractivity contribution in [2.75, 3.05) is 0 Å². The summed E-state index contributed by atoms with van der Waals surface area (Å²) in [4.78, 5) is 3.98. The standard InChI is InChI=1S/C12H10NO/c1-10-5-2-3-7-12(10)14-11-6-4-8-13-9-11/h2-4,6-9H,1H3. The zero-order valence-corrected chi connectivity index (χ0v) is 7.90. The summed E-state index contributed by atoms with van der Waals surface area (Å²) in [6, 6.07) is 12.5. The van der Waals surface area contributed by atoms with Gasteiger partial charge in [-0.15, -0.1) is 0 Å². The van der Waals surface area contributed by atoms with Gasteiger partial charge in [-0.25, -0.2) is 0 Å². The maximum atomic E-state index is 5.62. The first-order valence-corrected chi connectivity index (χ1v) is 4.41. The van der Waals surface area contributed by atoms with Gasteiger partial charge in [-0.3, -0.25) is 4.98 Å². The van der Waals surface area contributed by atoms with Gasteiger partial charge in [0.05, 0.1) is 6.20 Å². The van der Waals surface area contributed by atoms with E-state index < -0.39 is 0 Å². The van der Waals surface area contributed by atoms with E-state index in [-0.39, 0.29) is 0 Å². The molecule has 0 saturated heterocycles. The molecule has 0 saturated carbocycles. The summed E-state index contributed by atoms with van der Waals surface area (Å²) in [7, 11) is 0. The number of hydrogen-bond donors (Lipinski definition) is 0. The van der Waals surface area contributed by atoms with Crippen LogP contribution in [0, 0.1) is 13.0 Å². The van der Waals surface area contributed by atoms with E-state index in [9.17, 15) is 0 Å². The highest BCUT2D eigenvalue weighted by molar-refractivity contribution is 5.35. The minimum Gasteiger partial charge on any atom is -0.455 e. The lowest BCUT2D eigenvalue weighted by Crippen LogP contribution is -1.87. The van der Waals surface area contributed by atoms with Gasteiger partial charge in [0.25, 0.3) is 0 Å². The number of ether oxygens (including phenoxy) is 1. The number of aryl methyl sites for hydroxylation is 1. The fourth-order valence-electron chi connectivity index (χ4n) is 1.15. The highest BCUT2D eigenvalue weighted by atomic mass is 16.5. The van der Waals surface area contributed by atoms with Crippen LogP contribution < -0.4 is 4.74 Å². The molecule has 0 amide bonds. The largest absolute Gasteiger partial charge is 0.455 e. The average molecular weight is 184 g/mol. The van der Waals surface area contributed by atoms with Crippen molar-refractivity contribution in [2.24, 2.45) is 0 Å². The van der Waals surface area contributed by atoms with Crippen LogP contribution in [0.5, 0.6) is 11.5 Å². The first kappa shape index (κ1) is 8.75. The van der Waals surface area contributed by atoms with Gasteiger partial charge in [0.15, 0.2) is 0 Å². The zero-order chi connectivity index (χ0) is 9.80. The molecule has 0 aliphatic carbocycles. The van der Waals surface area contributed by atoms with E-state index >= 15 is 0 Å². The summed E-state index contributed by atoms with van der Waals surface area (Å²) in [5.41, 5.74) is 0.997. The molecule has 14 heavy (non-hydrogen) atoms. The molecule has 0 fully saturated rings. The van der Waals surface area contributed by atoms with Gasteiger partial charge < -0.3 is 4.74 Å². The topological polar surface area (TPSA) is 22.1 Å². The van der Waals surface area contributed by atoms with Crippen molar-refractivity contribution in [1.82, 2.24) is 4.98 Å². The number of nitrogens with zero attached hydrogens (tertiary/aromatic N) is 1. The third-order valence-electron chi connectivity index (χ3n) is 1.88. The number of hydrogen-bond acceptors (Lipinski definition) is 2. The second kappa shape index (κ2) is 3.92. The Kier molecular flexibility index (Phi) is 2.45. The highest BCUT2D eigenvalue weighted by Crippen LogP contribution is 2.22. The van der Waals surface area contributed by atoms with Crippen molar-refractivity contribution < 1.29 is 4.74 Å². The first-order valence-electron chi connectivity index (χ1n) is 4.41. The molecule has 1 radical (unpaired) electrons. The van der Waals surface area contributed by atoms with Gasteiger partial charge in [0.1, 0.15) is 11.5 Å². The molecule has 69 valence electrons. The lowest BCUT2D eigenvalue weighted by molar-refractivity contribution is 0.476. The Bertz CT molecular complexity index is 412. The molecule has 2 nitrogen and oxygen atoms in total. The summed E-state index contributed by atoms with van der Waals surface area (Å²) in [6.07, 6.45) is 3.41. The average Bonchev–Trinajstić information content (AvgIpc) is 2.23. The van der Waals surface area contributed by atoms with Gasteiger partial charge >= 0.3 is 0 Å². The summed E-state index contributed by atoms with van der Waals surface area (Å²) in [6.45, 7) is 1.96. The molecule has 0 unspecified atom stereocenters. The van der Waals surface area contributed by atoms with Crippen LogP contribution in [-0.4, -0.2) is 4.98 Å². The number of rotatable bonds is 2. The number of benzene rings is 1. The van der Waals surface area contributed by atoms with Gasteiger partial charge in [-0.2, -0.15) is 0 Å².